The lowest BCUT2D eigenvalue weighted by Crippen LogP contribution is -2.15. The van der Waals surface area contributed by atoms with Gasteiger partial charge in [-0.2, -0.15) is 0 Å². The number of hydrogen-bond acceptors (Lipinski definition) is 5. The van der Waals surface area contributed by atoms with Gasteiger partial charge in [-0.05, 0) is 43.2 Å². The third-order valence-electron chi connectivity index (χ3n) is 3.16. The van der Waals surface area contributed by atoms with Gasteiger partial charge in [0.2, 0.25) is 0 Å². The fraction of sp³-hybridized carbons (Fsp3) is 0.312. The molecule has 0 saturated heterocycles. The Morgan fingerprint density at radius 2 is 2.09 bits per heavy atom. The minimum atomic E-state index is -0.292. The summed E-state index contributed by atoms with van der Waals surface area (Å²) >= 11 is 3.44. The van der Waals surface area contributed by atoms with E-state index in [1.807, 2.05) is 25.1 Å². The number of aryl methyl sites for hydroxylation is 1. The summed E-state index contributed by atoms with van der Waals surface area (Å²) in [6, 6.07) is 9.01. The van der Waals surface area contributed by atoms with E-state index in [0.29, 0.717) is 18.1 Å². The van der Waals surface area contributed by atoms with E-state index in [0.717, 1.165) is 23.0 Å². The highest BCUT2D eigenvalue weighted by Gasteiger charge is 2.09. The molecule has 0 aliphatic carbocycles. The number of amides is 1. The van der Waals surface area contributed by atoms with E-state index in [2.05, 4.69) is 36.8 Å². The Morgan fingerprint density at radius 3 is 2.74 bits per heavy atom. The van der Waals surface area contributed by atoms with Gasteiger partial charge in [0.1, 0.15) is 5.82 Å². The zero-order chi connectivity index (χ0) is 16.7. The van der Waals surface area contributed by atoms with Crippen LogP contribution in [0.2, 0.25) is 0 Å². The lowest BCUT2D eigenvalue weighted by Gasteiger charge is -2.07. The number of ether oxygens (including phenoxy) is 1. The van der Waals surface area contributed by atoms with Gasteiger partial charge >= 0.3 is 0 Å². The van der Waals surface area contributed by atoms with Gasteiger partial charge in [0.15, 0.2) is 5.69 Å². The number of aromatic nitrogens is 2. The molecule has 2 N–H and O–H groups in total. The van der Waals surface area contributed by atoms with E-state index < -0.39 is 0 Å². The molecule has 23 heavy (non-hydrogen) atoms. The standard InChI is InChI=1S/C16H19BrN4O2/c1-11-4-5-12(10-13(11)17)19-16(22)14-6-7-15(21-20-14)18-8-3-9-23-2/h4-7,10H,3,8-9H2,1-2H3,(H,18,21)(H,19,22). The van der Waals surface area contributed by atoms with Crippen molar-refractivity contribution >= 4 is 33.3 Å². The zero-order valence-corrected chi connectivity index (χ0v) is 14.7. The Bertz CT molecular complexity index is 662. The molecule has 0 spiro atoms. The van der Waals surface area contributed by atoms with E-state index in [9.17, 15) is 4.79 Å². The van der Waals surface area contributed by atoms with Crippen molar-refractivity contribution in [2.45, 2.75) is 13.3 Å². The number of nitrogens with one attached hydrogen (secondary N) is 2. The number of anilines is 2. The molecular weight excluding hydrogens is 360 g/mol. The van der Waals surface area contributed by atoms with Gasteiger partial charge in [0, 0.05) is 30.4 Å². The van der Waals surface area contributed by atoms with Crippen LogP contribution in [0.3, 0.4) is 0 Å². The van der Waals surface area contributed by atoms with Crippen LogP contribution in [0.25, 0.3) is 0 Å². The van der Waals surface area contributed by atoms with Gasteiger partial charge in [-0.15, -0.1) is 10.2 Å². The zero-order valence-electron chi connectivity index (χ0n) is 13.1. The number of carbonyl (C=O) groups excluding carboxylic acids is 1. The first-order chi connectivity index (χ1) is 11.1. The molecule has 2 rings (SSSR count). The van der Waals surface area contributed by atoms with Crippen LogP contribution in [0.15, 0.2) is 34.8 Å². The smallest absolute Gasteiger partial charge is 0.276 e. The number of methoxy groups -OCH3 is 1. The molecule has 1 amide bonds. The summed E-state index contributed by atoms with van der Waals surface area (Å²) in [5.41, 5.74) is 2.08. The molecule has 1 aromatic heterocycles. The molecule has 0 unspecified atom stereocenters. The third-order valence-corrected chi connectivity index (χ3v) is 4.01. The van der Waals surface area contributed by atoms with Crippen LogP contribution in [0, 0.1) is 6.92 Å². The first-order valence-corrected chi connectivity index (χ1v) is 8.03. The van der Waals surface area contributed by atoms with E-state index in [4.69, 9.17) is 4.74 Å². The van der Waals surface area contributed by atoms with Gasteiger partial charge in [0.25, 0.3) is 5.91 Å². The molecule has 0 radical (unpaired) electrons. The van der Waals surface area contributed by atoms with Gasteiger partial charge in [-0.3, -0.25) is 4.79 Å². The maximum Gasteiger partial charge on any atom is 0.276 e. The predicted molar refractivity (Wildman–Crippen MR) is 93.8 cm³/mol. The van der Waals surface area contributed by atoms with Crippen LogP contribution < -0.4 is 10.6 Å². The Kier molecular flexibility index (Phi) is 6.49. The highest BCUT2D eigenvalue weighted by atomic mass is 79.9. The Labute approximate surface area is 143 Å². The summed E-state index contributed by atoms with van der Waals surface area (Å²) in [4.78, 5) is 12.2. The lowest BCUT2D eigenvalue weighted by atomic mass is 10.2. The van der Waals surface area contributed by atoms with E-state index in [1.165, 1.54) is 0 Å². The molecule has 0 aliphatic rings. The molecule has 0 aliphatic heterocycles. The van der Waals surface area contributed by atoms with Gasteiger partial charge < -0.3 is 15.4 Å². The first-order valence-electron chi connectivity index (χ1n) is 7.24. The van der Waals surface area contributed by atoms with Crippen molar-refractivity contribution in [3.63, 3.8) is 0 Å². The largest absolute Gasteiger partial charge is 0.385 e. The van der Waals surface area contributed by atoms with Crippen molar-refractivity contribution in [1.29, 1.82) is 0 Å². The molecular formula is C16H19BrN4O2. The summed E-state index contributed by atoms with van der Waals surface area (Å²) in [6.07, 6.45) is 0.878. The molecule has 7 heteroatoms. The Balaban J connectivity index is 1.93. The van der Waals surface area contributed by atoms with Crippen molar-refractivity contribution in [3.05, 3.63) is 46.1 Å². The summed E-state index contributed by atoms with van der Waals surface area (Å²) in [7, 11) is 1.67. The maximum absolute atomic E-state index is 12.2. The van der Waals surface area contributed by atoms with Gasteiger partial charge in [-0.25, -0.2) is 0 Å². The van der Waals surface area contributed by atoms with E-state index in [1.54, 1.807) is 19.2 Å². The quantitative estimate of drug-likeness (QED) is 0.723. The van der Waals surface area contributed by atoms with Crippen molar-refractivity contribution < 1.29 is 9.53 Å². The maximum atomic E-state index is 12.2. The number of rotatable bonds is 7. The van der Waals surface area contributed by atoms with Crippen LogP contribution in [-0.2, 0) is 4.74 Å². The van der Waals surface area contributed by atoms with E-state index in [-0.39, 0.29) is 11.6 Å². The van der Waals surface area contributed by atoms with Crippen molar-refractivity contribution in [2.24, 2.45) is 0 Å². The average Bonchev–Trinajstić information content (AvgIpc) is 2.55. The molecule has 0 saturated carbocycles. The van der Waals surface area contributed by atoms with Gasteiger partial charge in [-0.1, -0.05) is 22.0 Å². The number of hydrogen-bond donors (Lipinski definition) is 2. The predicted octanol–water partition coefficient (Wildman–Crippen LogP) is 3.25. The number of carbonyl (C=O) groups is 1. The van der Waals surface area contributed by atoms with Crippen LogP contribution in [-0.4, -0.2) is 36.4 Å². The molecule has 122 valence electrons. The summed E-state index contributed by atoms with van der Waals surface area (Å²) in [6.45, 7) is 3.41. The average molecular weight is 379 g/mol. The van der Waals surface area contributed by atoms with E-state index >= 15 is 0 Å². The lowest BCUT2D eigenvalue weighted by molar-refractivity contribution is 0.102. The fourth-order valence-corrected chi connectivity index (χ4v) is 2.23. The summed E-state index contributed by atoms with van der Waals surface area (Å²) in [5.74, 6) is 0.343. The van der Waals surface area contributed by atoms with Crippen molar-refractivity contribution in [1.82, 2.24) is 10.2 Å². The molecule has 2 aromatic rings. The Morgan fingerprint density at radius 1 is 1.26 bits per heavy atom. The second kappa shape index (κ2) is 8.59. The summed E-state index contributed by atoms with van der Waals surface area (Å²) in [5, 5.41) is 13.9. The molecule has 6 nitrogen and oxygen atoms in total. The molecule has 1 heterocycles. The second-order valence-corrected chi connectivity index (χ2v) is 5.85. The fourth-order valence-electron chi connectivity index (χ4n) is 1.85. The van der Waals surface area contributed by atoms with Crippen molar-refractivity contribution in [2.75, 3.05) is 30.9 Å². The highest BCUT2D eigenvalue weighted by Crippen LogP contribution is 2.20. The number of halogens is 1. The normalized spacial score (nSPS) is 10.4. The number of benzene rings is 1. The molecule has 0 atom stereocenters. The monoisotopic (exact) mass is 378 g/mol. The third kappa shape index (κ3) is 5.30. The van der Waals surface area contributed by atoms with Crippen molar-refractivity contribution in [3.8, 4) is 0 Å². The molecule has 1 aromatic carbocycles. The molecule has 0 fully saturated rings. The van der Waals surface area contributed by atoms with Crippen LogP contribution >= 0.6 is 15.9 Å². The summed E-state index contributed by atoms with van der Waals surface area (Å²) < 4.78 is 5.91. The SMILES string of the molecule is COCCCNc1ccc(C(=O)Nc2ccc(C)c(Br)c2)nn1. The number of nitrogens with zero attached hydrogens (tertiary/aromatic N) is 2. The minimum Gasteiger partial charge on any atom is -0.385 e. The minimum absolute atomic E-state index is 0.268. The topological polar surface area (TPSA) is 76.1 Å². The van der Waals surface area contributed by atoms with Crippen LogP contribution in [0.4, 0.5) is 11.5 Å². The first kappa shape index (κ1) is 17.4. The molecule has 0 bridgehead atoms. The van der Waals surface area contributed by atoms with Crippen LogP contribution in [0.5, 0.6) is 0 Å². The second-order valence-electron chi connectivity index (χ2n) is 5.00. The highest BCUT2D eigenvalue weighted by molar-refractivity contribution is 9.10. The van der Waals surface area contributed by atoms with Crippen LogP contribution in [0.1, 0.15) is 22.5 Å². The van der Waals surface area contributed by atoms with Gasteiger partial charge in [0.05, 0.1) is 0 Å². The Hall–Kier alpha value is -1.99.